The molecule has 4 rings (SSSR count). The predicted molar refractivity (Wildman–Crippen MR) is 114 cm³/mol. The Bertz CT molecular complexity index is 792. The zero-order valence-corrected chi connectivity index (χ0v) is 17.4. The summed E-state index contributed by atoms with van der Waals surface area (Å²) in [6, 6.07) is 8.98. The summed E-state index contributed by atoms with van der Waals surface area (Å²) in [7, 11) is 0. The molecule has 4 nitrogen and oxygen atoms in total. The molecule has 1 amide bonds. The number of nitrogens with zero attached hydrogens (tertiary/aromatic N) is 3. The van der Waals surface area contributed by atoms with Gasteiger partial charge in [0.05, 0.1) is 11.0 Å². The lowest BCUT2D eigenvalue weighted by Gasteiger charge is -2.16. The summed E-state index contributed by atoms with van der Waals surface area (Å²) in [6.07, 6.45) is 13.7. The molecule has 1 atom stereocenters. The third-order valence-electron chi connectivity index (χ3n) is 6.43. The van der Waals surface area contributed by atoms with Gasteiger partial charge >= 0.3 is 0 Å². The highest BCUT2D eigenvalue weighted by atomic mass is 16.2. The van der Waals surface area contributed by atoms with Gasteiger partial charge in [0.2, 0.25) is 5.91 Å². The molecule has 0 radical (unpaired) electrons. The number of benzene rings is 1. The first-order valence-electron chi connectivity index (χ1n) is 11.5. The van der Waals surface area contributed by atoms with Crippen LogP contribution < -0.4 is 0 Å². The molecule has 1 aliphatic heterocycles. The summed E-state index contributed by atoms with van der Waals surface area (Å²) in [4.78, 5) is 19.6. The molecule has 4 heteroatoms. The Labute approximate surface area is 169 Å². The molecule has 1 aromatic heterocycles. The Morgan fingerprint density at radius 3 is 2.46 bits per heavy atom. The summed E-state index contributed by atoms with van der Waals surface area (Å²) < 4.78 is 2.42. The number of aryl methyl sites for hydroxylation is 1. The molecule has 2 fully saturated rings. The lowest BCUT2D eigenvalue weighted by atomic mass is 10.1. The Balaban J connectivity index is 1.39. The van der Waals surface area contributed by atoms with Crippen molar-refractivity contribution in [3.8, 4) is 0 Å². The average molecular weight is 382 g/mol. The standard InChI is InChI=1S/C24H35N3O/c1-2-3-4-5-6-7-8-11-16-26-22-13-10-9-12-21(22)25-24(26)19-17-23(28)27(18-19)20-14-15-20/h9-10,12-13,19-20H,2-8,11,14-18H2,1H3. The molecule has 1 saturated heterocycles. The van der Waals surface area contributed by atoms with E-state index in [1.807, 2.05) is 0 Å². The number of likely N-dealkylation sites (tertiary alicyclic amines) is 1. The molecule has 28 heavy (non-hydrogen) atoms. The van der Waals surface area contributed by atoms with Crippen molar-refractivity contribution in [1.82, 2.24) is 14.5 Å². The second-order valence-electron chi connectivity index (χ2n) is 8.76. The normalized spacial score (nSPS) is 19.8. The number of para-hydroxylation sites is 2. The van der Waals surface area contributed by atoms with Crippen LogP contribution in [0.15, 0.2) is 24.3 Å². The molecule has 1 unspecified atom stereocenters. The van der Waals surface area contributed by atoms with E-state index in [1.165, 1.54) is 69.7 Å². The first kappa shape index (κ1) is 19.5. The maximum absolute atomic E-state index is 12.5. The Morgan fingerprint density at radius 2 is 1.71 bits per heavy atom. The number of hydrogen-bond donors (Lipinski definition) is 0. The Morgan fingerprint density at radius 1 is 1.00 bits per heavy atom. The van der Waals surface area contributed by atoms with Crippen LogP contribution in [0.25, 0.3) is 11.0 Å². The molecular formula is C24H35N3O. The highest BCUT2D eigenvalue weighted by Crippen LogP contribution is 2.37. The molecule has 0 spiro atoms. The molecule has 152 valence electrons. The minimum Gasteiger partial charge on any atom is -0.339 e. The molecular weight excluding hydrogens is 346 g/mol. The molecule has 1 aromatic carbocycles. The number of hydrogen-bond acceptors (Lipinski definition) is 2. The van der Waals surface area contributed by atoms with Crippen molar-refractivity contribution in [2.45, 2.75) is 96.1 Å². The highest BCUT2D eigenvalue weighted by Gasteiger charge is 2.41. The van der Waals surface area contributed by atoms with Gasteiger partial charge in [-0.15, -0.1) is 0 Å². The molecule has 1 aliphatic carbocycles. The van der Waals surface area contributed by atoms with Crippen molar-refractivity contribution >= 4 is 16.9 Å². The first-order valence-corrected chi connectivity index (χ1v) is 11.5. The van der Waals surface area contributed by atoms with E-state index in [0.29, 0.717) is 18.4 Å². The van der Waals surface area contributed by atoms with Crippen molar-refractivity contribution in [2.75, 3.05) is 6.54 Å². The van der Waals surface area contributed by atoms with E-state index in [4.69, 9.17) is 4.98 Å². The number of amides is 1. The number of carbonyl (C=O) groups is 1. The van der Waals surface area contributed by atoms with Crippen molar-refractivity contribution < 1.29 is 4.79 Å². The summed E-state index contributed by atoms with van der Waals surface area (Å²) >= 11 is 0. The second kappa shape index (κ2) is 9.11. The zero-order chi connectivity index (χ0) is 19.3. The fourth-order valence-corrected chi connectivity index (χ4v) is 4.69. The van der Waals surface area contributed by atoms with E-state index < -0.39 is 0 Å². The van der Waals surface area contributed by atoms with Gasteiger partial charge in [0.1, 0.15) is 5.82 Å². The number of carbonyl (C=O) groups excluding carboxylic acids is 1. The van der Waals surface area contributed by atoms with Gasteiger partial charge < -0.3 is 9.47 Å². The van der Waals surface area contributed by atoms with Gasteiger partial charge in [-0.05, 0) is 31.4 Å². The molecule has 0 bridgehead atoms. The predicted octanol–water partition coefficient (Wildman–Crippen LogP) is 5.66. The average Bonchev–Trinajstić information content (AvgIpc) is 3.38. The largest absolute Gasteiger partial charge is 0.339 e. The quantitative estimate of drug-likeness (QED) is 0.471. The second-order valence-corrected chi connectivity index (χ2v) is 8.76. The topological polar surface area (TPSA) is 38.1 Å². The van der Waals surface area contributed by atoms with Gasteiger partial charge in [-0.25, -0.2) is 4.98 Å². The van der Waals surface area contributed by atoms with E-state index in [-0.39, 0.29) is 5.92 Å². The van der Waals surface area contributed by atoms with Gasteiger partial charge in [0, 0.05) is 31.5 Å². The van der Waals surface area contributed by atoms with Crippen molar-refractivity contribution in [3.05, 3.63) is 30.1 Å². The highest BCUT2D eigenvalue weighted by molar-refractivity contribution is 5.81. The number of rotatable bonds is 11. The van der Waals surface area contributed by atoms with E-state index in [2.05, 4.69) is 40.7 Å². The lowest BCUT2D eigenvalue weighted by Crippen LogP contribution is -2.27. The maximum Gasteiger partial charge on any atom is 0.223 e. The zero-order valence-electron chi connectivity index (χ0n) is 17.4. The van der Waals surface area contributed by atoms with E-state index in [0.717, 1.165) is 24.4 Å². The van der Waals surface area contributed by atoms with Crippen LogP contribution >= 0.6 is 0 Å². The fraction of sp³-hybridized carbons (Fsp3) is 0.667. The van der Waals surface area contributed by atoms with E-state index in [9.17, 15) is 4.79 Å². The fourth-order valence-electron chi connectivity index (χ4n) is 4.69. The smallest absolute Gasteiger partial charge is 0.223 e. The van der Waals surface area contributed by atoms with Gasteiger partial charge in [0.15, 0.2) is 0 Å². The SMILES string of the molecule is CCCCCCCCCCn1c(C2CC(=O)N(C3CC3)C2)nc2ccccc21. The molecule has 2 aliphatic rings. The summed E-state index contributed by atoms with van der Waals surface area (Å²) in [5.74, 6) is 1.73. The summed E-state index contributed by atoms with van der Waals surface area (Å²) in [5, 5.41) is 0. The number of unbranched alkanes of at least 4 members (excludes halogenated alkanes) is 7. The van der Waals surface area contributed by atoms with Gasteiger partial charge in [-0.1, -0.05) is 64.0 Å². The van der Waals surface area contributed by atoms with Gasteiger partial charge in [-0.2, -0.15) is 0 Å². The van der Waals surface area contributed by atoms with Crippen LogP contribution in [-0.2, 0) is 11.3 Å². The van der Waals surface area contributed by atoms with Crippen molar-refractivity contribution in [3.63, 3.8) is 0 Å². The third-order valence-corrected chi connectivity index (χ3v) is 6.43. The maximum atomic E-state index is 12.5. The van der Waals surface area contributed by atoms with Crippen LogP contribution in [0.2, 0.25) is 0 Å². The number of fused-ring (bicyclic) bond motifs is 1. The third kappa shape index (κ3) is 4.42. The van der Waals surface area contributed by atoms with E-state index in [1.54, 1.807) is 0 Å². The summed E-state index contributed by atoms with van der Waals surface area (Å²) in [5.41, 5.74) is 2.31. The Kier molecular flexibility index (Phi) is 6.33. The summed E-state index contributed by atoms with van der Waals surface area (Å²) in [6.45, 7) is 4.16. The first-order chi connectivity index (χ1) is 13.8. The lowest BCUT2D eigenvalue weighted by molar-refractivity contribution is -0.128. The van der Waals surface area contributed by atoms with Crippen LogP contribution in [0.5, 0.6) is 0 Å². The van der Waals surface area contributed by atoms with Crippen LogP contribution in [-0.4, -0.2) is 32.9 Å². The van der Waals surface area contributed by atoms with Crippen LogP contribution in [0.4, 0.5) is 0 Å². The van der Waals surface area contributed by atoms with Gasteiger partial charge in [0.25, 0.3) is 0 Å². The van der Waals surface area contributed by atoms with E-state index >= 15 is 0 Å². The van der Waals surface area contributed by atoms with Crippen LogP contribution in [0, 0.1) is 0 Å². The van der Waals surface area contributed by atoms with Crippen LogP contribution in [0.1, 0.15) is 89.3 Å². The van der Waals surface area contributed by atoms with Crippen LogP contribution in [0.3, 0.4) is 0 Å². The van der Waals surface area contributed by atoms with Crippen molar-refractivity contribution in [2.24, 2.45) is 0 Å². The minimum absolute atomic E-state index is 0.259. The van der Waals surface area contributed by atoms with Crippen molar-refractivity contribution in [1.29, 1.82) is 0 Å². The Hall–Kier alpha value is -1.84. The molecule has 0 N–H and O–H groups in total. The minimum atomic E-state index is 0.259. The molecule has 2 heterocycles. The van der Waals surface area contributed by atoms with Gasteiger partial charge in [-0.3, -0.25) is 4.79 Å². The number of imidazole rings is 1. The molecule has 2 aromatic rings. The molecule has 1 saturated carbocycles. The number of aromatic nitrogens is 2. The monoisotopic (exact) mass is 381 g/mol.